The van der Waals surface area contributed by atoms with Crippen LogP contribution in [0, 0.1) is 25.2 Å². The third-order valence-electron chi connectivity index (χ3n) is 4.40. The summed E-state index contributed by atoms with van der Waals surface area (Å²) in [5, 5.41) is 0. The molecule has 2 rings (SSSR count). The molecule has 1 aliphatic rings. The number of hydrogen-bond acceptors (Lipinski definition) is 5. The van der Waals surface area contributed by atoms with Crippen molar-refractivity contribution in [1.82, 2.24) is 14.9 Å². The Hall–Kier alpha value is -1.93. The molecule has 2 heterocycles. The minimum atomic E-state index is 0.284. The molecule has 0 amide bonds. The van der Waals surface area contributed by atoms with Crippen LogP contribution in [0.5, 0.6) is 0 Å². The zero-order chi connectivity index (χ0) is 16.8. The Morgan fingerprint density at radius 1 is 1.35 bits per heavy atom. The van der Waals surface area contributed by atoms with E-state index in [4.69, 9.17) is 6.42 Å². The second-order valence-electron chi connectivity index (χ2n) is 6.27. The van der Waals surface area contributed by atoms with Crippen LogP contribution < -0.4 is 4.90 Å². The summed E-state index contributed by atoms with van der Waals surface area (Å²) in [4.78, 5) is 18.1. The molecule has 124 valence electrons. The maximum atomic E-state index is 5.66. The van der Waals surface area contributed by atoms with Gasteiger partial charge in [0.05, 0.1) is 5.71 Å². The fraction of sp³-hybridized carbons (Fsp3) is 0.611. The lowest BCUT2D eigenvalue weighted by Crippen LogP contribution is -2.45. The topological polar surface area (TPSA) is 44.6 Å². The van der Waals surface area contributed by atoms with Crippen LogP contribution in [-0.2, 0) is 0 Å². The zero-order valence-corrected chi connectivity index (χ0v) is 14.7. The first-order chi connectivity index (χ1) is 11.1. The largest absolute Gasteiger partial charge is 0.354 e. The van der Waals surface area contributed by atoms with E-state index in [0.717, 1.165) is 56.1 Å². The molecule has 1 aromatic heterocycles. The van der Waals surface area contributed by atoms with Gasteiger partial charge in [-0.15, -0.1) is 6.42 Å². The molecule has 0 N–H and O–H groups in total. The van der Waals surface area contributed by atoms with Gasteiger partial charge in [-0.1, -0.05) is 26.2 Å². The fourth-order valence-corrected chi connectivity index (χ4v) is 2.85. The number of piperazine rings is 1. The lowest BCUT2D eigenvalue weighted by atomic mass is 10.0. The Bertz CT molecular complexity index is 594. The van der Waals surface area contributed by atoms with E-state index in [1.807, 2.05) is 6.92 Å². The molecular weight excluding hydrogens is 286 g/mol. The summed E-state index contributed by atoms with van der Waals surface area (Å²) in [6.45, 7) is 10.4. The van der Waals surface area contributed by atoms with Crippen molar-refractivity contribution >= 4 is 17.3 Å². The molecule has 0 bridgehead atoms. The number of rotatable bonds is 5. The molecular formula is C18H27N5. The molecule has 0 saturated carbocycles. The first-order valence-corrected chi connectivity index (χ1v) is 8.37. The van der Waals surface area contributed by atoms with Crippen molar-refractivity contribution in [1.29, 1.82) is 0 Å². The average Bonchev–Trinajstić information content (AvgIpc) is 2.55. The van der Waals surface area contributed by atoms with Crippen LogP contribution in [0.4, 0.5) is 11.6 Å². The van der Waals surface area contributed by atoms with E-state index in [0.29, 0.717) is 5.82 Å². The lowest BCUT2D eigenvalue weighted by molar-refractivity contribution is 0.312. The number of hydrogen-bond donors (Lipinski definition) is 0. The van der Waals surface area contributed by atoms with Gasteiger partial charge in [0, 0.05) is 37.7 Å². The molecule has 1 aromatic rings. The fourth-order valence-electron chi connectivity index (χ4n) is 2.85. The van der Waals surface area contributed by atoms with Crippen LogP contribution in [0.3, 0.4) is 0 Å². The molecule has 23 heavy (non-hydrogen) atoms. The SMILES string of the molecule is C#CC(=Nc1ncnc(N2CCN(C)CC2)c1C)C(C)CCC. The van der Waals surface area contributed by atoms with Crippen LogP contribution in [0.1, 0.15) is 32.3 Å². The Morgan fingerprint density at radius 3 is 2.65 bits per heavy atom. The molecule has 1 saturated heterocycles. The van der Waals surface area contributed by atoms with Gasteiger partial charge in [-0.3, -0.25) is 0 Å². The molecule has 0 aromatic carbocycles. The molecule has 1 unspecified atom stereocenters. The predicted molar refractivity (Wildman–Crippen MR) is 96.5 cm³/mol. The van der Waals surface area contributed by atoms with Gasteiger partial charge in [0.25, 0.3) is 0 Å². The average molecular weight is 313 g/mol. The Balaban J connectivity index is 2.27. The lowest BCUT2D eigenvalue weighted by Gasteiger charge is -2.33. The van der Waals surface area contributed by atoms with E-state index in [1.54, 1.807) is 6.33 Å². The van der Waals surface area contributed by atoms with Crippen molar-refractivity contribution in [2.24, 2.45) is 10.9 Å². The smallest absolute Gasteiger partial charge is 0.161 e. The third-order valence-corrected chi connectivity index (χ3v) is 4.40. The summed E-state index contributed by atoms with van der Waals surface area (Å²) in [6, 6.07) is 0. The van der Waals surface area contributed by atoms with Crippen LogP contribution in [0.15, 0.2) is 11.3 Å². The van der Waals surface area contributed by atoms with E-state index < -0.39 is 0 Å². The van der Waals surface area contributed by atoms with Crippen molar-refractivity contribution in [2.45, 2.75) is 33.6 Å². The van der Waals surface area contributed by atoms with Gasteiger partial charge in [0.1, 0.15) is 12.1 Å². The number of aliphatic imine (C=N–C) groups is 1. The third kappa shape index (κ3) is 4.29. The van der Waals surface area contributed by atoms with E-state index in [1.165, 1.54) is 0 Å². The highest BCUT2D eigenvalue weighted by molar-refractivity contribution is 6.02. The van der Waals surface area contributed by atoms with Crippen molar-refractivity contribution in [3.05, 3.63) is 11.9 Å². The summed E-state index contributed by atoms with van der Waals surface area (Å²) >= 11 is 0. The van der Waals surface area contributed by atoms with Gasteiger partial charge in [-0.2, -0.15) is 0 Å². The van der Waals surface area contributed by atoms with Crippen molar-refractivity contribution in [2.75, 3.05) is 38.1 Å². The zero-order valence-electron chi connectivity index (χ0n) is 14.7. The number of likely N-dealkylation sites (N-methyl/N-ethyl adjacent to an activating group) is 1. The Morgan fingerprint density at radius 2 is 2.04 bits per heavy atom. The predicted octanol–water partition coefficient (Wildman–Crippen LogP) is 2.68. The maximum Gasteiger partial charge on any atom is 0.161 e. The summed E-state index contributed by atoms with van der Waals surface area (Å²) in [5.74, 6) is 4.70. The second kappa shape index (κ2) is 8.07. The van der Waals surface area contributed by atoms with E-state index in [-0.39, 0.29) is 5.92 Å². The van der Waals surface area contributed by atoms with Gasteiger partial charge in [0.2, 0.25) is 0 Å². The molecule has 1 atom stereocenters. The number of terminal acetylenes is 1. The van der Waals surface area contributed by atoms with E-state index in [2.05, 4.69) is 51.6 Å². The summed E-state index contributed by atoms with van der Waals surface area (Å²) in [7, 11) is 2.15. The number of aromatic nitrogens is 2. The van der Waals surface area contributed by atoms with Crippen LogP contribution in [0.25, 0.3) is 0 Å². The van der Waals surface area contributed by atoms with Gasteiger partial charge in [0.15, 0.2) is 5.82 Å². The first kappa shape index (κ1) is 17.4. The molecule has 5 nitrogen and oxygen atoms in total. The Kier molecular flexibility index (Phi) is 6.12. The molecule has 1 aliphatic heterocycles. The monoisotopic (exact) mass is 313 g/mol. The molecule has 0 spiro atoms. The molecule has 1 fully saturated rings. The standard InChI is InChI=1S/C18H27N5/c1-6-8-14(3)16(7-2)21-17-15(4)18(20-13-19-17)23-11-9-22(5)10-12-23/h2,13-14H,6,8-12H2,1,3-5H3. The molecule has 0 aliphatic carbocycles. The summed E-state index contributed by atoms with van der Waals surface area (Å²) < 4.78 is 0. The summed E-state index contributed by atoms with van der Waals surface area (Å²) in [5.41, 5.74) is 1.78. The maximum absolute atomic E-state index is 5.66. The van der Waals surface area contributed by atoms with Crippen molar-refractivity contribution in [3.63, 3.8) is 0 Å². The van der Waals surface area contributed by atoms with Gasteiger partial charge in [-0.25, -0.2) is 15.0 Å². The molecule has 5 heteroatoms. The summed E-state index contributed by atoms with van der Waals surface area (Å²) in [6.07, 6.45) is 9.39. The Labute approximate surface area is 139 Å². The van der Waals surface area contributed by atoms with Crippen LogP contribution >= 0.6 is 0 Å². The minimum Gasteiger partial charge on any atom is -0.354 e. The first-order valence-electron chi connectivity index (χ1n) is 8.37. The van der Waals surface area contributed by atoms with Crippen LogP contribution in [0.2, 0.25) is 0 Å². The van der Waals surface area contributed by atoms with Crippen molar-refractivity contribution < 1.29 is 0 Å². The highest BCUT2D eigenvalue weighted by Gasteiger charge is 2.19. The van der Waals surface area contributed by atoms with Gasteiger partial charge >= 0.3 is 0 Å². The minimum absolute atomic E-state index is 0.284. The molecule has 0 radical (unpaired) electrons. The van der Waals surface area contributed by atoms with Crippen molar-refractivity contribution in [3.8, 4) is 12.3 Å². The number of nitrogens with zero attached hydrogens (tertiary/aromatic N) is 5. The van der Waals surface area contributed by atoms with E-state index in [9.17, 15) is 0 Å². The van der Waals surface area contributed by atoms with Crippen LogP contribution in [-0.4, -0.2) is 53.8 Å². The van der Waals surface area contributed by atoms with Gasteiger partial charge < -0.3 is 9.80 Å². The van der Waals surface area contributed by atoms with E-state index >= 15 is 0 Å². The number of anilines is 1. The normalized spacial score (nSPS) is 17.9. The second-order valence-corrected chi connectivity index (χ2v) is 6.27. The van der Waals surface area contributed by atoms with Gasteiger partial charge in [-0.05, 0) is 20.4 Å². The quantitative estimate of drug-likeness (QED) is 0.619. The highest BCUT2D eigenvalue weighted by atomic mass is 15.3. The highest BCUT2D eigenvalue weighted by Crippen LogP contribution is 2.26.